The summed E-state index contributed by atoms with van der Waals surface area (Å²) in [5, 5.41) is 0.484. The minimum atomic E-state index is -2.21. The maximum Gasteiger partial charge on any atom is 1.00 e. The zero-order chi connectivity index (χ0) is 10.0. The Morgan fingerprint density at radius 1 is 1.36 bits per heavy atom. The van der Waals surface area contributed by atoms with Crippen molar-refractivity contribution in [3.8, 4) is 0 Å². The summed E-state index contributed by atoms with van der Waals surface area (Å²) < 4.78 is 0. The van der Waals surface area contributed by atoms with Crippen molar-refractivity contribution in [2.24, 2.45) is 0 Å². The van der Waals surface area contributed by atoms with E-state index in [0.29, 0.717) is 5.30 Å². The second-order valence-corrected chi connectivity index (χ2v) is 4.20. The molecule has 1 aromatic carbocycles. The fourth-order valence-corrected chi connectivity index (χ4v) is 1.77. The van der Waals surface area contributed by atoms with Crippen molar-refractivity contribution in [1.29, 1.82) is 0 Å². The first-order valence-electron chi connectivity index (χ1n) is 3.96. The molecule has 0 spiro atoms. The van der Waals surface area contributed by atoms with Crippen LogP contribution in [-0.2, 0) is 0 Å². The molecule has 0 aliphatic heterocycles. The maximum absolute atomic E-state index is 10.8. The standard InChI is InChI=1S/C9H13NO2P.Na/c1-7-6-8(13(11)12)4-5-9(7)10(2)3;/h4-6,11H,1-3H3;/q-1;+1. The molecular formula is C9H13NNaO2P. The zero-order valence-electron chi connectivity index (χ0n) is 8.98. The van der Waals surface area contributed by atoms with Crippen LogP contribution in [0.4, 0.5) is 5.69 Å². The van der Waals surface area contributed by atoms with Crippen LogP contribution in [0.25, 0.3) is 0 Å². The molecule has 1 unspecified atom stereocenters. The van der Waals surface area contributed by atoms with Gasteiger partial charge in [-0.1, -0.05) is 6.07 Å². The molecule has 1 rings (SSSR count). The molecule has 0 heterocycles. The van der Waals surface area contributed by atoms with Gasteiger partial charge in [-0.15, -0.1) is 0 Å². The minimum absolute atomic E-state index is 0. The van der Waals surface area contributed by atoms with Gasteiger partial charge in [-0.3, -0.25) is 0 Å². The van der Waals surface area contributed by atoms with Crippen LogP contribution in [-0.4, -0.2) is 19.0 Å². The number of rotatable bonds is 2. The van der Waals surface area contributed by atoms with Gasteiger partial charge in [0, 0.05) is 19.8 Å². The summed E-state index contributed by atoms with van der Waals surface area (Å²) >= 11 is 0. The van der Waals surface area contributed by atoms with Gasteiger partial charge in [-0.2, -0.15) is 0 Å². The number of aryl methyl sites for hydroxylation is 1. The minimum Gasteiger partial charge on any atom is -0.805 e. The van der Waals surface area contributed by atoms with E-state index in [-0.39, 0.29) is 29.6 Å². The number of anilines is 1. The third-order valence-corrected chi connectivity index (χ3v) is 2.60. The maximum atomic E-state index is 10.8. The third-order valence-electron chi connectivity index (χ3n) is 1.88. The SMILES string of the molecule is Cc1cc(P([O-])O)ccc1N(C)C.[Na+]. The first-order valence-corrected chi connectivity index (χ1v) is 5.17. The number of benzene rings is 1. The molecule has 1 aromatic rings. The van der Waals surface area contributed by atoms with E-state index in [1.54, 1.807) is 12.1 Å². The van der Waals surface area contributed by atoms with Gasteiger partial charge in [-0.25, -0.2) is 0 Å². The monoisotopic (exact) mass is 221 g/mol. The quantitative estimate of drug-likeness (QED) is 0.438. The van der Waals surface area contributed by atoms with Crippen LogP contribution in [0.3, 0.4) is 0 Å². The van der Waals surface area contributed by atoms with E-state index < -0.39 is 8.38 Å². The van der Waals surface area contributed by atoms with Crippen LogP contribution in [0, 0.1) is 6.92 Å². The molecule has 1 N–H and O–H groups in total. The number of hydrogen-bond acceptors (Lipinski definition) is 3. The van der Waals surface area contributed by atoms with E-state index in [1.165, 1.54) is 0 Å². The molecule has 0 saturated carbocycles. The van der Waals surface area contributed by atoms with Gasteiger partial charge < -0.3 is 14.7 Å². The average molecular weight is 221 g/mol. The van der Waals surface area contributed by atoms with Gasteiger partial charge in [0.1, 0.15) is 0 Å². The zero-order valence-corrected chi connectivity index (χ0v) is 11.9. The first kappa shape index (κ1) is 14.4. The molecule has 0 bridgehead atoms. The van der Waals surface area contributed by atoms with Crippen molar-refractivity contribution in [2.45, 2.75) is 6.92 Å². The predicted octanol–water partition coefficient (Wildman–Crippen LogP) is -2.65. The van der Waals surface area contributed by atoms with Gasteiger partial charge in [0.2, 0.25) is 0 Å². The fraction of sp³-hybridized carbons (Fsp3) is 0.333. The Hall–Kier alpha value is 0.370. The predicted molar refractivity (Wildman–Crippen MR) is 54.3 cm³/mol. The van der Waals surface area contributed by atoms with Gasteiger partial charge in [0.25, 0.3) is 0 Å². The van der Waals surface area contributed by atoms with Crippen LogP contribution in [0.2, 0.25) is 0 Å². The molecule has 3 nitrogen and oxygen atoms in total. The van der Waals surface area contributed by atoms with Gasteiger partial charge >= 0.3 is 29.6 Å². The molecular weight excluding hydrogens is 208 g/mol. The molecule has 0 aromatic heterocycles. The second-order valence-electron chi connectivity index (χ2n) is 3.14. The van der Waals surface area contributed by atoms with E-state index in [9.17, 15) is 4.89 Å². The summed E-state index contributed by atoms with van der Waals surface area (Å²) in [6.07, 6.45) is 0. The molecule has 0 radical (unpaired) electrons. The molecule has 72 valence electrons. The Balaban J connectivity index is 0.00000169. The normalized spacial score (nSPS) is 11.8. The van der Waals surface area contributed by atoms with Crippen molar-refractivity contribution in [2.75, 3.05) is 19.0 Å². The Labute approximate surface area is 108 Å². The van der Waals surface area contributed by atoms with Crippen molar-refractivity contribution in [1.82, 2.24) is 0 Å². The summed E-state index contributed by atoms with van der Waals surface area (Å²) in [5.74, 6) is 0. The Morgan fingerprint density at radius 3 is 2.29 bits per heavy atom. The summed E-state index contributed by atoms with van der Waals surface area (Å²) in [6, 6.07) is 5.28. The molecule has 0 fully saturated rings. The van der Waals surface area contributed by atoms with E-state index in [4.69, 9.17) is 4.89 Å². The van der Waals surface area contributed by atoms with Gasteiger partial charge in [0.15, 0.2) is 0 Å². The van der Waals surface area contributed by atoms with Crippen LogP contribution >= 0.6 is 8.38 Å². The second kappa shape index (κ2) is 6.06. The molecule has 0 aliphatic carbocycles. The Kier molecular flexibility index (Phi) is 6.22. The summed E-state index contributed by atoms with van der Waals surface area (Å²) in [4.78, 5) is 21.6. The molecule has 0 amide bonds. The summed E-state index contributed by atoms with van der Waals surface area (Å²) in [6.45, 7) is 1.93. The Bertz CT molecular complexity index is 305. The van der Waals surface area contributed by atoms with E-state index >= 15 is 0 Å². The number of nitrogens with zero attached hydrogens (tertiary/aromatic N) is 1. The summed E-state index contributed by atoms with van der Waals surface area (Å²) in [5.41, 5.74) is 2.08. The van der Waals surface area contributed by atoms with Gasteiger partial charge in [-0.05, 0) is 38.3 Å². The van der Waals surface area contributed by atoms with Crippen LogP contribution in [0.15, 0.2) is 18.2 Å². The topological polar surface area (TPSA) is 46.5 Å². The van der Waals surface area contributed by atoms with Crippen LogP contribution in [0.5, 0.6) is 0 Å². The molecule has 5 heteroatoms. The smallest absolute Gasteiger partial charge is 0.805 e. The van der Waals surface area contributed by atoms with Crippen molar-refractivity contribution in [3.05, 3.63) is 23.8 Å². The number of hydrogen-bond donors (Lipinski definition) is 1. The van der Waals surface area contributed by atoms with E-state index in [0.717, 1.165) is 11.3 Å². The van der Waals surface area contributed by atoms with Gasteiger partial charge in [0.05, 0.1) is 0 Å². The van der Waals surface area contributed by atoms with Crippen LogP contribution < -0.4 is 44.7 Å². The van der Waals surface area contributed by atoms with E-state index in [2.05, 4.69) is 0 Å². The molecule has 0 aliphatic rings. The first-order chi connectivity index (χ1) is 6.02. The Morgan fingerprint density at radius 2 is 1.93 bits per heavy atom. The van der Waals surface area contributed by atoms with Crippen molar-refractivity contribution in [3.63, 3.8) is 0 Å². The van der Waals surface area contributed by atoms with Crippen LogP contribution in [0.1, 0.15) is 5.56 Å². The summed E-state index contributed by atoms with van der Waals surface area (Å²) in [7, 11) is 1.68. The molecule has 1 atom stereocenters. The van der Waals surface area contributed by atoms with Crippen molar-refractivity contribution >= 4 is 19.4 Å². The van der Waals surface area contributed by atoms with E-state index in [1.807, 2.05) is 32.0 Å². The fourth-order valence-electron chi connectivity index (χ4n) is 1.26. The van der Waals surface area contributed by atoms with Crippen molar-refractivity contribution < 1.29 is 39.3 Å². The third kappa shape index (κ3) is 3.50. The molecule has 14 heavy (non-hydrogen) atoms. The largest absolute Gasteiger partial charge is 1.00 e. The molecule has 0 saturated heterocycles. The average Bonchev–Trinajstić information content (AvgIpc) is 2.03.